The second-order valence-electron chi connectivity index (χ2n) is 4.31. The minimum absolute atomic E-state index is 0. The van der Waals surface area contributed by atoms with Gasteiger partial charge >= 0.3 is 23.3 Å². The Morgan fingerprint density at radius 3 is 1.05 bits per heavy atom. The minimum atomic E-state index is -1.08. The van der Waals surface area contributed by atoms with Gasteiger partial charge in [0.15, 0.2) is 0 Å². The molecule has 0 aliphatic carbocycles. The Bertz CT molecular complexity index is 183. The van der Waals surface area contributed by atoms with Crippen LogP contribution >= 0.6 is 0 Å². The van der Waals surface area contributed by atoms with Crippen LogP contribution in [0.2, 0.25) is 0 Å². The summed E-state index contributed by atoms with van der Waals surface area (Å²) in [6, 6.07) is 0. The number of methoxy groups -OCH3 is 1. The summed E-state index contributed by atoms with van der Waals surface area (Å²) in [7, 11) is 1.35. The molecule has 0 aromatic heterocycles. The molecule has 0 amide bonds. The van der Waals surface area contributed by atoms with Crippen molar-refractivity contribution in [2.75, 3.05) is 20.3 Å². The van der Waals surface area contributed by atoms with E-state index in [9.17, 15) is 15.0 Å². The molecule has 0 bridgehead atoms. The molecule has 0 unspecified atom stereocenters. The Morgan fingerprint density at radius 2 is 1.05 bits per heavy atom. The van der Waals surface area contributed by atoms with Gasteiger partial charge in [-0.15, -0.1) is 13.2 Å². The molecule has 0 aromatic rings. The van der Waals surface area contributed by atoms with Crippen LogP contribution in [0.1, 0.15) is 41.5 Å². The molecule has 0 heterocycles. The van der Waals surface area contributed by atoms with Crippen LogP contribution in [0.4, 0.5) is 0 Å². The molecule has 0 aliphatic rings. The van der Waals surface area contributed by atoms with Gasteiger partial charge in [-0.2, -0.15) is 0 Å². The van der Waals surface area contributed by atoms with Crippen LogP contribution in [0.5, 0.6) is 0 Å². The number of carboxylic acids is 1. The first-order chi connectivity index (χ1) is 8.54. The third-order valence-corrected chi connectivity index (χ3v) is 0.954. The monoisotopic (exact) mass is 306 g/mol. The van der Waals surface area contributed by atoms with Gasteiger partial charge in [-0.1, -0.05) is 39.5 Å². The number of rotatable bonds is 2. The van der Waals surface area contributed by atoms with E-state index in [0.717, 1.165) is 6.92 Å². The van der Waals surface area contributed by atoms with Gasteiger partial charge in [-0.3, -0.25) is 4.79 Å². The molecule has 0 fully saturated rings. The van der Waals surface area contributed by atoms with E-state index in [0.29, 0.717) is 11.8 Å². The zero-order valence-corrected chi connectivity index (χ0v) is 14.8. The van der Waals surface area contributed by atoms with Crippen molar-refractivity contribution < 1.29 is 29.6 Å². The molecule has 0 saturated carbocycles. The molecule has 20 heavy (non-hydrogen) atoms. The molecular weight excluding hydrogens is 279 g/mol. The van der Waals surface area contributed by atoms with Crippen LogP contribution in [-0.2, 0) is 14.3 Å². The molecule has 7 heteroatoms. The first kappa shape index (κ1) is 31.7. The average molecular weight is 306 g/mol. The van der Waals surface area contributed by atoms with E-state index >= 15 is 0 Å². The predicted octanol–water partition coefficient (Wildman–Crippen LogP) is -1.44. The fourth-order valence-electron chi connectivity index (χ4n) is 0. The van der Waals surface area contributed by atoms with Gasteiger partial charge in [0, 0.05) is 12.9 Å². The van der Waals surface area contributed by atoms with Crippen LogP contribution in [0.25, 0.3) is 0 Å². The van der Waals surface area contributed by atoms with Crippen LogP contribution < -0.4 is 15.3 Å². The summed E-state index contributed by atoms with van der Waals surface area (Å²) in [5, 5.41) is 28.1. The number of carbonyl (C=O) groups is 2. The van der Waals surface area contributed by atoms with Crippen LogP contribution in [-0.4, -0.2) is 49.6 Å². The topological polar surface area (TPSA) is 113 Å². The van der Waals surface area contributed by atoms with Crippen molar-refractivity contribution in [1.29, 1.82) is 0 Å². The van der Waals surface area contributed by atoms with Gasteiger partial charge in [0.25, 0.3) is 0 Å². The normalized spacial score (nSPS) is 7.75. The Morgan fingerprint density at radius 1 is 0.950 bits per heavy atom. The molecular formula is C13H27AlO6. The molecule has 0 aliphatic heterocycles. The molecule has 0 rings (SSSR count). The molecule has 118 valence electrons. The second-order valence-corrected chi connectivity index (χ2v) is 4.31. The maximum atomic E-state index is 9.63. The number of esters is 1. The molecule has 6 nitrogen and oxygen atoms in total. The second kappa shape index (κ2) is 26.9. The summed E-state index contributed by atoms with van der Waals surface area (Å²) in [5.74, 6) is -0.671. The predicted molar refractivity (Wildman–Crippen MR) is 73.5 cm³/mol. The van der Waals surface area contributed by atoms with Crippen molar-refractivity contribution in [3.05, 3.63) is 0 Å². The first-order valence-electron chi connectivity index (χ1n) is 5.93. The van der Waals surface area contributed by atoms with Crippen molar-refractivity contribution in [2.45, 2.75) is 41.5 Å². The third kappa shape index (κ3) is 161. The summed E-state index contributed by atoms with van der Waals surface area (Å²) in [6.45, 7) is 10.1. The number of hydrogen-bond donors (Lipinski definition) is 0. The van der Waals surface area contributed by atoms with Crippen molar-refractivity contribution in [2.24, 2.45) is 11.8 Å². The number of hydrogen-bond acceptors (Lipinski definition) is 6. The zero-order valence-electron chi connectivity index (χ0n) is 13.6. The summed E-state index contributed by atoms with van der Waals surface area (Å²) in [6.07, 6.45) is 0. The van der Waals surface area contributed by atoms with E-state index in [-0.39, 0.29) is 36.5 Å². The van der Waals surface area contributed by atoms with Crippen LogP contribution in [0, 0.1) is 11.8 Å². The van der Waals surface area contributed by atoms with Gasteiger partial charge in [-0.25, -0.2) is 0 Å². The summed E-state index contributed by atoms with van der Waals surface area (Å²) in [5.41, 5.74) is 0. The molecule has 0 N–H and O–H groups in total. The van der Waals surface area contributed by atoms with Gasteiger partial charge in [0.05, 0.1) is 7.11 Å². The van der Waals surface area contributed by atoms with E-state index in [1.165, 1.54) is 14.0 Å². The first-order valence-corrected chi connectivity index (χ1v) is 5.93. The molecule has 0 saturated heterocycles. The molecule has 0 spiro atoms. The quantitative estimate of drug-likeness (QED) is 0.456. The van der Waals surface area contributed by atoms with Gasteiger partial charge in [0.2, 0.25) is 0 Å². The SMILES string of the molecule is CC(=O)[O-].CC(C)C[O-].CC(C)C[O-].COC(C)=O.[Al+3]. The fourth-order valence-corrected chi connectivity index (χ4v) is 0. The summed E-state index contributed by atoms with van der Waals surface area (Å²) >= 11 is 0. The number of aliphatic carboxylic acids is 1. The van der Waals surface area contributed by atoms with Gasteiger partial charge < -0.3 is 24.9 Å². The molecule has 0 atom stereocenters. The van der Waals surface area contributed by atoms with E-state index in [1.54, 1.807) is 0 Å². The number of carboxylic acid groups (broad SMARTS) is 1. The minimum Gasteiger partial charge on any atom is -0.854 e. The summed E-state index contributed by atoms with van der Waals surface area (Å²) < 4.78 is 4.11. The zero-order chi connectivity index (χ0) is 16.4. The van der Waals surface area contributed by atoms with Crippen molar-refractivity contribution in [3.63, 3.8) is 0 Å². The Labute approximate surface area is 133 Å². The average Bonchev–Trinajstić information content (AvgIpc) is 2.29. The van der Waals surface area contributed by atoms with Crippen LogP contribution in [0.15, 0.2) is 0 Å². The maximum absolute atomic E-state index is 9.63. The van der Waals surface area contributed by atoms with E-state index in [4.69, 9.17) is 9.90 Å². The van der Waals surface area contributed by atoms with E-state index in [2.05, 4.69) is 4.74 Å². The van der Waals surface area contributed by atoms with Gasteiger partial charge in [-0.05, 0) is 6.92 Å². The largest absolute Gasteiger partial charge is 3.00 e. The fraction of sp³-hybridized carbons (Fsp3) is 0.846. The Hall–Kier alpha value is -0.608. The number of ether oxygens (including phenoxy) is 1. The maximum Gasteiger partial charge on any atom is 3.00 e. The van der Waals surface area contributed by atoms with Crippen molar-refractivity contribution in [1.82, 2.24) is 0 Å². The van der Waals surface area contributed by atoms with Gasteiger partial charge in [0.1, 0.15) is 0 Å². The van der Waals surface area contributed by atoms with Crippen LogP contribution in [0.3, 0.4) is 0 Å². The van der Waals surface area contributed by atoms with E-state index < -0.39 is 5.97 Å². The smallest absolute Gasteiger partial charge is 0.854 e. The standard InChI is InChI=1S/2C4H9O.C3H6O2.C2H4O2.Al/c2*1-4(2)3-5;1-3(4)5-2;1-2(3)4;/h2*4H,3H2,1-2H3;1-2H3;1H3,(H,3,4);/q2*-1;;;+3/p-1. The summed E-state index contributed by atoms with van der Waals surface area (Å²) in [4.78, 5) is 18.5. The number of carbonyl (C=O) groups excluding carboxylic acids is 2. The Kier molecular flexibility index (Phi) is 42.5. The third-order valence-electron chi connectivity index (χ3n) is 0.954. The Balaban J connectivity index is -0.0000000494. The molecule has 0 radical (unpaired) electrons. The van der Waals surface area contributed by atoms with E-state index in [1.807, 2.05) is 27.7 Å². The van der Waals surface area contributed by atoms with Crippen molar-refractivity contribution >= 4 is 29.3 Å². The van der Waals surface area contributed by atoms with Crippen molar-refractivity contribution in [3.8, 4) is 0 Å². The molecule has 0 aromatic carbocycles.